The molecule has 0 saturated carbocycles. The van der Waals surface area contributed by atoms with Crippen LogP contribution in [0.2, 0.25) is 0 Å². The van der Waals surface area contributed by atoms with Crippen molar-refractivity contribution in [3.05, 3.63) is 12.1 Å². The lowest BCUT2D eigenvalue weighted by molar-refractivity contribution is -0.127. The van der Waals surface area contributed by atoms with E-state index < -0.39 is 0 Å². The van der Waals surface area contributed by atoms with Gasteiger partial charge in [-0.15, -0.1) is 0 Å². The second-order valence-electron chi connectivity index (χ2n) is 6.51. The molecule has 0 spiro atoms. The molecule has 1 aromatic rings. The van der Waals surface area contributed by atoms with Crippen molar-refractivity contribution in [3.8, 4) is 17.2 Å². The number of guanidine groups is 1. The number of carbonyl (C=O) groups excluding carboxylic acids is 1. The number of benzene rings is 1. The minimum absolute atomic E-state index is 0.0261. The van der Waals surface area contributed by atoms with Gasteiger partial charge in [0.25, 0.3) is 0 Å². The molecule has 1 aliphatic heterocycles. The fraction of sp³-hybridized carbons (Fsp3) is 0.579. The Morgan fingerprint density at radius 2 is 1.89 bits per heavy atom. The van der Waals surface area contributed by atoms with Gasteiger partial charge in [-0.05, 0) is 12.8 Å². The fourth-order valence-electron chi connectivity index (χ4n) is 2.73. The van der Waals surface area contributed by atoms with Gasteiger partial charge in [-0.25, -0.2) is 4.99 Å². The second-order valence-corrected chi connectivity index (χ2v) is 6.51. The van der Waals surface area contributed by atoms with E-state index in [1.54, 1.807) is 47.6 Å². The molecule has 1 amide bonds. The lowest BCUT2D eigenvalue weighted by Crippen LogP contribution is -2.37. The molecular formula is C19H30N4O5. The Labute approximate surface area is 166 Å². The highest BCUT2D eigenvalue weighted by molar-refractivity contribution is 5.95. The van der Waals surface area contributed by atoms with E-state index in [-0.39, 0.29) is 18.6 Å². The molecule has 9 heteroatoms. The fourth-order valence-corrected chi connectivity index (χ4v) is 2.73. The van der Waals surface area contributed by atoms with Crippen molar-refractivity contribution >= 4 is 17.6 Å². The SMILES string of the molecule is COc1cc(NC(=NCC(=O)N(C)C)NCC2CCCO2)cc(OC)c1OC. The van der Waals surface area contributed by atoms with Crippen LogP contribution in [-0.4, -0.2) is 78.0 Å². The van der Waals surface area contributed by atoms with Crippen molar-refractivity contribution in [1.29, 1.82) is 0 Å². The molecule has 0 radical (unpaired) electrons. The Hall–Kier alpha value is -2.68. The third kappa shape index (κ3) is 5.91. The molecule has 1 atom stereocenters. The van der Waals surface area contributed by atoms with Crippen LogP contribution in [0.3, 0.4) is 0 Å². The maximum Gasteiger partial charge on any atom is 0.243 e. The van der Waals surface area contributed by atoms with E-state index in [2.05, 4.69) is 15.6 Å². The molecule has 0 aliphatic carbocycles. The van der Waals surface area contributed by atoms with Crippen LogP contribution >= 0.6 is 0 Å². The number of carbonyl (C=O) groups is 1. The summed E-state index contributed by atoms with van der Waals surface area (Å²) in [7, 11) is 8.06. The van der Waals surface area contributed by atoms with Gasteiger partial charge in [0.2, 0.25) is 11.7 Å². The summed E-state index contributed by atoms with van der Waals surface area (Å²) in [5.41, 5.74) is 0.686. The minimum Gasteiger partial charge on any atom is -0.493 e. The van der Waals surface area contributed by atoms with E-state index in [9.17, 15) is 4.79 Å². The van der Waals surface area contributed by atoms with Crippen LogP contribution < -0.4 is 24.8 Å². The number of amides is 1. The maximum atomic E-state index is 11.9. The van der Waals surface area contributed by atoms with Crippen LogP contribution in [0, 0.1) is 0 Å². The average Bonchev–Trinajstić information content (AvgIpc) is 3.22. The zero-order valence-corrected chi connectivity index (χ0v) is 17.2. The molecule has 1 aliphatic rings. The van der Waals surface area contributed by atoms with E-state index >= 15 is 0 Å². The lowest BCUT2D eigenvalue weighted by Gasteiger charge is -2.18. The van der Waals surface area contributed by atoms with E-state index in [4.69, 9.17) is 18.9 Å². The molecule has 2 N–H and O–H groups in total. The number of rotatable bonds is 8. The zero-order valence-electron chi connectivity index (χ0n) is 17.2. The first-order valence-corrected chi connectivity index (χ1v) is 9.15. The second kappa shape index (κ2) is 10.6. The number of ether oxygens (including phenoxy) is 4. The van der Waals surface area contributed by atoms with Gasteiger partial charge in [-0.1, -0.05) is 0 Å². The van der Waals surface area contributed by atoms with Gasteiger partial charge >= 0.3 is 0 Å². The van der Waals surface area contributed by atoms with Crippen LogP contribution in [0.5, 0.6) is 17.2 Å². The summed E-state index contributed by atoms with van der Waals surface area (Å²) >= 11 is 0. The number of likely N-dealkylation sites (N-methyl/N-ethyl adjacent to an activating group) is 1. The number of anilines is 1. The molecule has 1 fully saturated rings. The third-order valence-electron chi connectivity index (χ3n) is 4.32. The number of hydrogen-bond acceptors (Lipinski definition) is 6. The van der Waals surface area contributed by atoms with E-state index in [0.29, 0.717) is 35.4 Å². The summed E-state index contributed by atoms with van der Waals surface area (Å²) in [6.07, 6.45) is 2.19. The van der Waals surface area contributed by atoms with Crippen molar-refractivity contribution in [3.63, 3.8) is 0 Å². The molecule has 1 unspecified atom stereocenters. The number of hydrogen-bond donors (Lipinski definition) is 2. The number of aliphatic imine (C=N–C) groups is 1. The lowest BCUT2D eigenvalue weighted by atomic mass is 10.2. The number of nitrogens with zero attached hydrogens (tertiary/aromatic N) is 2. The maximum absolute atomic E-state index is 11.9. The summed E-state index contributed by atoms with van der Waals surface area (Å²) in [6.45, 7) is 1.41. The largest absolute Gasteiger partial charge is 0.493 e. The van der Waals surface area contributed by atoms with E-state index in [0.717, 1.165) is 19.4 Å². The van der Waals surface area contributed by atoms with E-state index in [1.165, 1.54) is 4.90 Å². The molecule has 2 rings (SSSR count). The van der Waals surface area contributed by atoms with Crippen molar-refractivity contribution in [2.75, 3.05) is 60.4 Å². The molecule has 1 aromatic carbocycles. The normalized spacial score (nSPS) is 16.5. The first kappa shape index (κ1) is 21.6. The van der Waals surface area contributed by atoms with Gasteiger partial charge in [0.15, 0.2) is 17.5 Å². The van der Waals surface area contributed by atoms with Crippen LogP contribution in [0.25, 0.3) is 0 Å². The van der Waals surface area contributed by atoms with Gasteiger partial charge in [-0.3, -0.25) is 4.79 Å². The monoisotopic (exact) mass is 394 g/mol. The van der Waals surface area contributed by atoms with Crippen LogP contribution in [0.4, 0.5) is 5.69 Å². The Bertz CT molecular complexity index is 662. The molecule has 1 heterocycles. The third-order valence-corrected chi connectivity index (χ3v) is 4.32. The van der Waals surface area contributed by atoms with Crippen LogP contribution in [0.15, 0.2) is 17.1 Å². The highest BCUT2D eigenvalue weighted by atomic mass is 16.5. The average molecular weight is 394 g/mol. The summed E-state index contributed by atoms with van der Waals surface area (Å²) in [6, 6.07) is 3.55. The molecule has 0 bridgehead atoms. The Morgan fingerprint density at radius 3 is 2.39 bits per heavy atom. The van der Waals surface area contributed by atoms with Crippen molar-refractivity contribution in [2.45, 2.75) is 18.9 Å². The van der Waals surface area contributed by atoms with Gasteiger partial charge in [0, 0.05) is 45.1 Å². The Kier molecular flexibility index (Phi) is 8.19. The Balaban J connectivity index is 2.19. The highest BCUT2D eigenvalue weighted by Crippen LogP contribution is 2.39. The Morgan fingerprint density at radius 1 is 1.21 bits per heavy atom. The van der Waals surface area contributed by atoms with Crippen molar-refractivity contribution in [1.82, 2.24) is 10.2 Å². The molecule has 156 valence electrons. The van der Waals surface area contributed by atoms with Crippen LogP contribution in [-0.2, 0) is 9.53 Å². The van der Waals surface area contributed by atoms with Crippen molar-refractivity contribution in [2.24, 2.45) is 4.99 Å². The predicted molar refractivity (Wildman–Crippen MR) is 108 cm³/mol. The van der Waals surface area contributed by atoms with Crippen molar-refractivity contribution < 1.29 is 23.7 Å². The first-order chi connectivity index (χ1) is 13.5. The summed E-state index contributed by atoms with van der Waals surface area (Å²) in [5, 5.41) is 6.43. The quantitative estimate of drug-likeness (QED) is 0.508. The topological polar surface area (TPSA) is 93.7 Å². The summed E-state index contributed by atoms with van der Waals surface area (Å²) in [5.74, 6) is 1.92. The predicted octanol–water partition coefficient (Wildman–Crippen LogP) is 1.34. The molecule has 0 aromatic heterocycles. The van der Waals surface area contributed by atoms with Gasteiger partial charge in [0.05, 0.1) is 27.4 Å². The summed E-state index contributed by atoms with van der Waals surface area (Å²) < 4.78 is 21.8. The van der Waals surface area contributed by atoms with Gasteiger partial charge < -0.3 is 34.5 Å². The van der Waals surface area contributed by atoms with Crippen LogP contribution in [0.1, 0.15) is 12.8 Å². The highest BCUT2D eigenvalue weighted by Gasteiger charge is 2.17. The molecule has 1 saturated heterocycles. The smallest absolute Gasteiger partial charge is 0.243 e. The zero-order chi connectivity index (χ0) is 20.5. The standard InChI is InChI=1S/C19H30N4O5/c1-23(2)17(24)12-21-19(20-11-14-7-6-8-28-14)22-13-9-15(25-3)18(27-5)16(10-13)26-4/h9-10,14H,6-8,11-12H2,1-5H3,(H2,20,21,22). The molecule has 9 nitrogen and oxygen atoms in total. The van der Waals surface area contributed by atoms with Gasteiger partial charge in [0.1, 0.15) is 6.54 Å². The molecular weight excluding hydrogens is 364 g/mol. The molecule has 28 heavy (non-hydrogen) atoms. The van der Waals surface area contributed by atoms with Gasteiger partial charge in [-0.2, -0.15) is 0 Å². The summed E-state index contributed by atoms with van der Waals surface area (Å²) in [4.78, 5) is 17.8. The number of methoxy groups -OCH3 is 3. The minimum atomic E-state index is -0.0943. The first-order valence-electron chi connectivity index (χ1n) is 9.15. The van der Waals surface area contributed by atoms with E-state index in [1.807, 2.05) is 0 Å². The number of nitrogens with one attached hydrogen (secondary N) is 2.